The molecular formula is C68H61F5N4O. The summed E-state index contributed by atoms with van der Waals surface area (Å²) in [5.41, 5.74) is 9.55. The summed E-state index contributed by atoms with van der Waals surface area (Å²) >= 11 is 0. The zero-order valence-corrected chi connectivity index (χ0v) is 45.5. The summed E-state index contributed by atoms with van der Waals surface area (Å²) in [6, 6.07) is 52.3. The van der Waals surface area contributed by atoms with Gasteiger partial charge in [0.2, 0.25) is 5.82 Å². The van der Waals surface area contributed by atoms with Gasteiger partial charge in [0.25, 0.3) is 0 Å². The van der Waals surface area contributed by atoms with Gasteiger partial charge in [0, 0.05) is 45.9 Å². The second kappa shape index (κ2) is 19.6. The maximum absolute atomic E-state index is 16.7. The number of fused-ring (bicyclic) bond motifs is 4. The molecule has 0 bridgehead atoms. The first-order valence-corrected chi connectivity index (χ1v) is 26.5. The van der Waals surface area contributed by atoms with Gasteiger partial charge < -0.3 is 14.5 Å². The zero-order valence-electron chi connectivity index (χ0n) is 45.5. The first-order chi connectivity index (χ1) is 37.2. The van der Waals surface area contributed by atoms with E-state index in [1.165, 1.54) is 0 Å². The van der Waals surface area contributed by atoms with Crippen LogP contribution in [0.25, 0.3) is 61.0 Å². The van der Waals surface area contributed by atoms with Crippen molar-refractivity contribution in [2.24, 2.45) is 0 Å². The molecule has 8 aromatic carbocycles. The lowest BCUT2D eigenvalue weighted by Crippen LogP contribution is -2.25. The Kier molecular flexibility index (Phi) is 13.1. The number of ether oxygens (including phenoxy) is 1. The Labute approximate surface area is 453 Å². The normalized spacial score (nSPS) is 12.9. The van der Waals surface area contributed by atoms with Gasteiger partial charge in [-0.25, -0.2) is 26.9 Å². The van der Waals surface area contributed by atoms with E-state index in [1.807, 2.05) is 129 Å². The number of halogens is 5. The van der Waals surface area contributed by atoms with E-state index >= 15 is 17.6 Å². The van der Waals surface area contributed by atoms with Crippen molar-refractivity contribution < 1.29 is 26.7 Å². The molecule has 0 atom stereocenters. The van der Waals surface area contributed by atoms with E-state index in [2.05, 4.69) is 113 Å². The van der Waals surface area contributed by atoms with Crippen LogP contribution >= 0.6 is 0 Å². The number of rotatable bonds is 10. The van der Waals surface area contributed by atoms with Gasteiger partial charge in [0.15, 0.2) is 23.3 Å². The minimum Gasteiger partial charge on any atom is -0.457 e. The molecule has 1 aliphatic heterocycles. The van der Waals surface area contributed by atoms with Crippen LogP contribution in [0, 0.1) is 29.1 Å². The summed E-state index contributed by atoms with van der Waals surface area (Å²) in [6.07, 6.45) is 1.86. The average Bonchev–Trinajstić information content (AvgIpc) is 4.19. The van der Waals surface area contributed by atoms with Crippen molar-refractivity contribution in [3.05, 3.63) is 215 Å². The quantitative estimate of drug-likeness (QED) is 0.0776. The van der Waals surface area contributed by atoms with Gasteiger partial charge in [0.05, 0.1) is 33.7 Å². The third-order valence-electron chi connectivity index (χ3n) is 15.1. The predicted molar refractivity (Wildman–Crippen MR) is 309 cm³/mol. The van der Waals surface area contributed by atoms with Gasteiger partial charge in [0.1, 0.15) is 24.0 Å². The molecule has 11 rings (SSSR count). The van der Waals surface area contributed by atoms with Crippen LogP contribution in [0.15, 0.2) is 164 Å². The molecule has 0 N–H and O–H groups in total. The molecule has 0 amide bonds. The number of benzene rings is 8. The fourth-order valence-corrected chi connectivity index (χ4v) is 10.7. The largest absolute Gasteiger partial charge is 0.457 e. The van der Waals surface area contributed by atoms with Gasteiger partial charge in [-0.2, -0.15) is 0 Å². The van der Waals surface area contributed by atoms with E-state index in [0.29, 0.717) is 34.0 Å². The average molecular weight is 1050 g/mol. The summed E-state index contributed by atoms with van der Waals surface area (Å²) in [6.45, 7) is 21.0. The Morgan fingerprint density at radius 2 is 1.06 bits per heavy atom. The van der Waals surface area contributed by atoms with Crippen LogP contribution in [-0.2, 0) is 10.8 Å². The molecule has 0 radical (unpaired) electrons. The van der Waals surface area contributed by atoms with Crippen LogP contribution in [0.3, 0.4) is 0 Å². The SMILES string of the molecule is CC(C)c1cc(-c2cc(C(C)(C)C)cc(-c3c(F)c(F)c(F)c(F)c3F)c2N2CN(c3cc(Oc4ccc5c6ccccc6n(-c6cc(C(C)(C)C)ccn6)c5c4)cc(-c4ccccc4)c3)c3ccccc32)cc(C(C)C)c1. The first kappa shape index (κ1) is 51.8. The molecule has 0 saturated carbocycles. The molecule has 0 saturated heterocycles. The molecule has 2 aromatic heterocycles. The molecular weight excluding hydrogens is 984 g/mol. The van der Waals surface area contributed by atoms with E-state index in [9.17, 15) is 4.39 Å². The highest BCUT2D eigenvalue weighted by atomic mass is 19.2. The monoisotopic (exact) mass is 1040 g/mol. The molecule has 0 fully saturated rings. The lowest BCUT2D eigenvalue weighted by molar-refractivity contribution is 0.381. The van der Waals surface area contributed by atoms with E-state index < -0.39 is 40.1 Å². The highest BCUT2D eigenvalue weighted by Crippen LogP contribution is 2.53. The molecule has 3 heterocycles. The maximum Gasteiger partial charge on any atom is 0.200 e. The molecule has 10 heteroatoms. The minimum absolute atomic E-state index is 0.0783. The van der Waals surface area contributed by atoms with Gasteiger partial charge in [-0.15, -0.1) is 0 Å². The maximum atomic E-state index is 16.7. The predicted octanol–water partition coefficient (Wildman–Crippen LogP) is 19.8. The van der Waals surface area contributed by atoms with Crippen LogP contribution in [0.1, 0.15) is 103 Å². The molecule has 10 aromatic rings. The molecule has 0 unspecified atom stereocenters. The van der Waals surface area contributed by atoms with Crippen molar-refractivity contribution in [3.8, 4) is 50.7 Å². The van der Waals surface area contributed by atoms with E-state index in [1.54, 1.807) is 6.07 Å². The van der Waals surface area contributed by atoms with E-state index in [0.717, 1.165) is 72.4 Å². The van der Waals surface area contributed by atoms with Crippen molar-refractivity contribution in [2.45, 2.75) is 91.9 Å². The van der Waals surface area contributed by atoms with Gasteiger partial charge in [-0.05, 0) is 128 Å². The standard InChI is InChI=1S/C68H61F5N4O/c1-39(2)42-28-43(40(3)4)30-45(29-42)53-33-47(68(8,9)10)34-54(60-61(69)63(71)65(73)64(72)62(60)70)66(53)76-38-75(56-22-16-17-23-57(56)76)48-31-44(41-18-12-11-13-19-41)32-50(36-48)78-49-24-25-52-51-20-14-15-21-55(51)77(58(52)37-49)59-35-46(26-27-74-59)67(5,6)7/h11-37,39-40H,38H2,1-10H3. The lowest BCUT2D eigenvalue weighted by atomic mass is 9.81. The minimum atomic E-state index is -2.21. The van der Waals surface area contributed by atoms with Crippen LogP contribution in [-0.4, -0.2) is 16.2 Å². The second-order valence-corrected chi connectivity index (χ2v) is 23.2. The Balaban J connectivity index is 1.11. The molecule has 5 nitrogen and oxygen atoms in total. The third-order valence-corrected chi connectivity index (χ3v) is 15.1. The first-order valence-electron chi connectivity index (χ1n) is 26.5. The highest BCUT2D eigenvalue weighted by molar-refractivity contribution is 6.09. The number of nitrogens with zero attached hydrogens (tertiary/aromatic N) is 4. The number of aromatic nitrogens is 2. The molecule has 1 aliphatic rings. The number of pyridine rings is 1. The van der Waals surface area contributed by atoms with Crippen LogP contribution in [0.5, 0.6) is 11.5 Å². The Bertz CT molecular complexity index is 3920. The Hall–Kier alpha value is -8.24. The number of hydrogen-bond donors (Lipinski definition) is 0. The van der Waals surface area contributed by atoms with Crippen molar-refractivity contribution >= 4 is 44.6 Å². The summed E-state index contributed by atoms with van der Waals surface area (Å²) in [5.74, 6) is -7.90. The van der Waals surface area contributed by atoms with Gasteiger partial charge in [-0.1, -0.05) is 148 Å². The second-order valence-electron chi connectivity index (χ2n) is 23.2. The summed E-state index contributed by atoms with van der Waals surface area (Å²) in [4.78, 5) is 8.92. The molecule has 78 heavy (non-hydrogen) atoms. The molecule has 0 aliphatic carbocycles. The van der Waals surface area contributed by atoms with Crippen molar-refractivity contribution in [1.82, 2.24) is 9.55 Å². The molecule has 394 valence electrons. The summed E-state index contributed by atoms with van der Waals surface area (Å²) < 4.78 is 88.7. The van der Waals surface area contributed by atoms with Crippen LogP contribution < -0.4 is 14.5 Å². The van der Waals surface area contributed by atoms with Crippen molar-refractivity contribution in [3.63, 3.8) is 0 Å². The highest BCUT2D eigenvalue weighted by Gasteiger charge is 2.37. The molecule has 0 spiro atoms. The zero-order chi connectivity index (χ0) is 55.1. The summed E-state index contributed by atoms with van der Waals surface area (Å²) in [7, 11) is 0. The number of para-hydroxylation sites is 3. The van der Waals surface area contributed by atoms with Crippen LogP contribution in [0.2, 0.25) is 0 Å². The number of hydrogen-bond acceptors (Lipinski definition) is 4. The van der Waals surface area contributed by atoms with Crippen molar-refractivity contribution in [1.29, 1.82) is 0 Å². The third kappa shape index (κ3) is 9.24. The topological polar surface area (TPSA) is 33.5 Å². The van der Waals surface area contributed by atoms with E-state index in [-0.39, 0.29) is 29.5 Å². The fraction of sp³-hybridized carbons (Fsp3) is 0.221. The van der Waals surface area contributed by atoms with Crippen molar-refractivity contribution in [2.75, 3.05) is 16.5 Å². The smallest absolute Gasteiger partial charge is 0.200 e. The van der Waals surface area contributed by atoms with Gasteiger partial charge >= 0.3 is 0 Å². The number of anilines is 4. The van der Waals surface area contributed by atoms with Gasteiger partial charge in [-0.3, -0.25) is 4.57 Å². The Morgan fingerprint density at radius 1 is 0.474 bits per heavy atom. The Morgan fingerprint density at radius 3 is 1.72 bits per heavy atom. The van der Waals surface area contributed by atoms with Crippen LogP contribution in [0.4, 0.5) is 44.7 Å². The van der Waals surface area contributed by atoms with E-state index in [4.69, 9.17) is 9.72 Å². The summed E-state index contributed by atoms with van der Waals surface area (Å²) in [5, 5.41) is 2.13. The lowest BCUT2D eigenvalue weighted by Gasteiger charge is -2.31. The fourth-order valence-electron chi connectivity index (χ4n) is 10.7.